The Morgan fingerprint density at radius 3 is 2.10 bits per heavy atom. The third-order valence-electron chi connectivity index (χ3n) is 5.53. The summed E-state index contributed by atoms with van der Waals surface area (Å²) in [7, 11) is -3.57. The molecule has 11 heteroatoms. The van der Waals surface area contributed by atoms with Crippen LogP contribution < -0.4 is 24.8 Å². The zero-order valence-corrected chi connectivity index (χ0v) is 22.8. The minimum absolute atomic E-state index is 0.00595. The molecule has 0 heterocycles. The Bertz CT molecular complexity index is 1410. The van der Waals surface area contributed by atoms with E-state index in [1.54, 1.807) is 32.0 Å². The van der Waals surface area contributed by atoms with Gasteiger partial charge in [-0.25, -0.2) is 18.0 Å². The smallest absolute Gasteiger partial charge is 0.339 e. The number of benzene rings is 3. The van der Waals surface area contributed by atoms with Crippen molar-refractivity contribution in [2.24, 2.45) is 0 Å². The molecule has 3 N–H and O–H groups in total. The lowest BCUT2D eigenvalue weighted by atomic mass is 10.1. The molecule has 208 valence electrons. The van der Waals surface area contributed by atoms with Crippen LogP contribution in [0.5, 0.6) is 17.2 Å². The Morgan fingerprint density at radius 1 is 0.795 bits per heavy atom. The lowest BCUT2D eigenvalue weighted by Gasteiger charge is -2.16. The molecule has 3 aromatic carbocycles. The summed E-state index contributed by atoms with van der Waals surface area (Å²) in [6, 6.07) is 16.5. The van der Waals surface area contributed by atoms with Crippen molar-refractivity contribution in [3.8, 4) is 17.2 Å². The molecule has 3 aromatic rings. The van der Waals surface area contributed by atoms with Gasteiger partial charge in [0.1, 0.15) is 34.3 Å². The van der Waals surface area contributed by atoms with Crippen molar-refractivity contribution in [1.29, 1.82) is 0 Å². The maximum Gasteiger partial charge on any atom is 0.339 e. The predicted molar refractivity (Wildman–Crippen MR) is 145 cm³/mol. The van der Waals surface area contributed by atoms with Crippen LogP contribution in [-0.2, 0) is 29.5 Å². The Labute approximate surface area is 227 Å². The average Bonchev–Trinajstić information content (AvgIpc) is 2.90. The number of hydrogen-bond donors (Lipinski definition) is 3. The summed E-state index contributed by atoms with van der Waals surface area (Å²) in [5.41, 5.74) is 2.00. The van der Waals surface area contributed by atoms with E-state index in [1.807, 2.05) is 30.3 Å². The van der Waals surface area contributed by atoms with Crippen molar-refractivity contribution in [3.05, 3.63) is 82.9 Å². The van der Waals surface area contributed by atoms with E-state index in [-0.39, 0.29) is 48.3 Å². The fourth-order valence-corrected chi connectivity index (χ4v) is 4.51. The van der Waals surface area contributed by atoms with Gasteiger partial charge in [-0.05, 0) is 43.2 Å². The van der Waals surface area contributed by atoms with Crippen molar-refractivity contribution < 1.29 is 37.3 Å². The molecule has 0 aliphatic carbocycles. The first kappa shape index (κ1) is 29.3. The summed E-state index contributed by atoms with van der Waals surface area (Å²) in [6.07, 6.45) is 1.09. The van der Waals surface area contributed by atoms with E-state index >= 15 is 0 Å². The van der Waals surface area contributed by atoms with E-state index in [0.717, 1.165) is 11.8 Å². The number of hydrogen-bond acceptors (Lipinski definition) is 7. The van der Waals surface area contributed by atoms with E-state index in [4.69, 9.17) is 14.2 Å². The van der Waals surface area contributed by atoms with Gasteiger partial charge >= 0.3 is 12.0 Å². The number of aromatic carboxylic acids is 1. The molecule has 2 amide bonds. The number of amides is 2. The Kier molecular flexibility index (Phi) is 10.2. The standard InChI is InChI=1S/C28H32N2O8S/c1-4-36-24-15-26(39(3,34)35)25(37-5-2)14-21(24)17-30-28(33)29-16-20-11-12-23(22(13-20)27(31)32)38-18-19-9-7-6-8-10-19/h6-15H,4-5,16-18H2,1-3H3,(H,31,32)(H2,29,30,33). The largest absolute Gasteiger partial charge is 0.493 e. The summed E-state index contributed by atoms with van der Waals surface area (Å²) < 4.78 is 41.2. The van der Waals surface area contributed by atoms with Crippen LogP contribution in [-0.4, -0.2) is 45.0 Å². The fraction of sp³-hybridized carbons (Fsp3) is 0.286. The topological polar surface area (TPSA) is 140 Å². The number of urea groups is 1. The van der Waals surface area contributed by atoms with Crippen LogP contribution >= 0.6 is 0 Å². The maximum atomic E-state index is 12.5. The van der Waals surface area contributed by atoms with Gasteiger partial charge in [-0.3, -0.25) is 0 Å². The molecule has 0 aliphatic heterocycles. The van der Waals surface area contributed by atoms with Crippen LogP contribution in [0.1, 0.15) is 40.9 Å². The minimum atomic E-state index is -3.57. The summed E-state index contributed by atoms with van der Waals surface area (Å²) in [4.78, 5) is 24.3. The quantitative estimate of drug-likeness (QED) is 0.285. The Hall–Kier alpha value is -4.25. The van der Waals surface area contributed by atoms with Crippen molar-refractivity contribution in [1.82, 2.24) is 10.6 Å². The number of nitrogens with one attached hydrogen (secondary N) is 2. The molecular formula is C28H32N2O8S. The molecule has 0 spiro atoms. The van der Waals surface area contributed by atoms with Gasteiger partial charge in [-0.1, -0.05) is 36.4 Å². The molecular weight excluding hydrogens is 524 g/mol. The number of carboxylic acid groups (broad SMARTS) is 1. The zero-order chi connectivity index (χ0) is 28.4. The van der Waals surface area contributed by atoms with E-state index in [2.05, 4.69) is 10.6 Å². The van der Waals surface area contributed by atoms with E-state index in [0.29, 0.717) is 23.5 Å². The van der Waals surface area contributed by atoms with Gasteiger partial charge < -0.3 is 30.0 Å². The number of carbonyl (C=O) groups excluding carboxylic acids is 1. The van der Waals surface area contributed by atoms with Crippen molar-refractivity contribution in [2.45, 2.75) is 38.4 Å². The second kappa shape index (κ2) is 13.5. The van der Waals surface area contributed by atoms with E-state index in [9.17, 15) is 23.1 Å². The lowest BCUT2D eigenvalue weighted by molar-refractivity contribution is 0.0691. The molecule has 0 bridgehead atoms. The van der Waals surface area contributed by atoms with Crippen LogP contribution in [0.15, 0.2) is 65.6 Å². The monoisotopic (exact) mass is 556 g/mol. The highest BCUT2D eigenvalue weighted by atomic mass is 32.2. The number of carboxylic acids is 1. The summed E-state index contributed by atoms with van der Waals surface area (Å²) >= 11 is 0. The highest BCUT2D eigenvalue weighted by Gasteiger charge is 2.20. The van der Waals surface area contributed by atoms with Crippen LogP contribution in [0, 0.1) is 0 Å². The minimum Gasteiger partial charge on any atom is -0.493 e. The number of carbonyl (C=O) groups is 2. The third kappa shape index (κ3) is 8.37. The molecule has 0 saturated carbocycles. The van der Waals surface area contributed by atoms with Crippen molar-refractivity contribution in [2.75, 3.05) is 19.5 Å². The molecule has 0 aromatic heterocycles. The lowest BCUT2D eigenvalue weighted by Crippen LogP contribution is -2.34. The van der Waals surface area contributed by atoms with Gasteiger partial charge in [0.2, 0.25) is 0 Å². The first-order valence-electron chi connectivity index (χ1n) is 12.3. The zero-order valence-electron chi connectivity index (χ0n) is 22.0. The summed E-state index contributed by atoms with van der Waals surface area (Å²) in [5, 5.41) is 15.0. The SMILES string of the molecule is CCOc1cc(S(C)(=O)=O)c(OCC)cc1CNC(=O)NCc1ccc(OCc2ccccc2)c(C(=O)O)c1. The van der Waals surface area contributed by atoms with Gasteiger partial charge in [0.25, 0.3) is 0 Å². The molecule has 0 saturated heterocycles. The number of sulfone groups is 1. The molecule has 0 aliphatic rings. The van der Waals surface area contributed by atoms with Gasteiger partial charge in [-0.2, -0.15) is 0 Å². The van der Waals surface area contributed by atoms with Gasteiger partial charge in [0, 0.05) is 31.0 Å². The first-order chi connectivity index (χ1) is 18.6. The highest BCUT2D eigenvalue weighted by Crippen LogP contribution is 2.32. The van der Waals surface area contributed by atoms with Gasteiger partial charge in [0.15, 0.2) is 9.84 Å². The number of ether oxygens (including phenoxy) is 3. The van der Waals surface area contributed by atoms with Crippen LogP contribution in [0.4, 0.5) is 4.79 Å². The molecule has 0 radical (unpaired) electrons. The van der Waals surface area contributed by atoms with Crippen LogP contribution in [0.3, 0.4) is 0 Å². The maximum absolute atomic E-state index is 12.5. The van der Waals surface area contributed by atoms with Crippen LogP contribution in [0.25, 0.3) is 0 Å². The predicted octanol–water partition coefficient (Wildman–Crippen LogP) is 4.16. The first-order valence-corrected chi connectivity index (χ1v) is 14.2. The summed E-state index contributed by atoms with van der Waals surface area (Å²) in [6.45, 7) is 4.40. The second-order valence-electron chi connectivity index (χ2n) is 8.49. The fourth-order valence-electron chi connectivity index (χ4n) is 3.71. The molecule has 3 rings (SSSR count). The summed E-state index contributed by atoms with van der Waals surface area (Å²) in [5.74, 6) is -0.420. The Balaban J connectivity index is 1.66. The normalized spacial score (nSPS) is 10.9. The highest BCUT2D eigenvalue weighted by molar-refractivity contribution is 7.90. The molecule has 0 fully saturated rings. The average molecular weight is 557 g/mol. The van der Waals surface area contributed by atoms with Crippen molar-refractivity contribution in [3.63, 3.8) is 0 Å². The molecule has 39 heavy (non-hydrogen) atoms. The molecule has 0 atom stereocenters. The van der Waals surface area contributed by atoms with E-state index in [1.165, 1.54) is 12.1 Å². The van der Waals surface area contributed by atoms with Gasteiger partial charge in [0.05, 0.1) is 13.2 Å². The molecule has 10 nitrogen and oxygen atoms in total. The molecule has 0 unspecified atom stereocenters. The van der Waals surface area contributed by atoms with Crippen LogP contribution in [0.2, 0.25) is 0 Å². The van der Waals surface area contributed by atoms with Crippen molar-refractivity contribution >= 4 is 21.8 Å². The Morgan fingerprint density at radius 2 is 1.46 bits per heavy atom. The number of rotatable bonds is 13. The second-order valence-corrected chi connectivity index (χ2v) is 10.5. The third-order valence-corrected chi connectivity index (χ3v) is 6.65. The van der Waals surface area contributed by atoms with E-state index < -0.39 is 21.8 Å². The van der Waals surface area contributed by atoms with Gasteiger partial charge in [-0.15, -0.1) is 0 Å².